The van der Waals surface area contributed by atoms with Crippen molar-refractivity contribution in [1.82, 2.24) is 4.98 Å². The van der Waals surface area contributed by atoms with Gasteiger partial charge in [0.25, 0.3) is 0 Å². The largest absolute Gasteiger partial charge is 0.497 e. The Morgan fingerprint density at radius 1 is 1.30 bits per heavy atom. The first kappa shape index (κ1) is 17.4. The van der Waals surface area contributed by atoms with Gasteiger partial charge in [0.2, 0.25) is 5.91 Å². The van der Waals surface area contributed by atoms with Crippen LogP contribution in [0.2, 0.25) is 0 Å². The molecular weight excluding hydrogens is 336 g/mol. The maximum absolute atomic E-state index is 12.0. The Kier molecular flexibility index (Phi) is 5.06. The molecule has 0 radical (unpaired) electrons. The molecule has 0 bridgehead atoms. The average molecular weight is 354 g/mol. The Balaban J connectivity index is 2.22. The average Bonchev–Trinajstić information content (AvgIpc) is 2.86. The first-order chi connectivity index (χ1) is 10.7. The lowest BCUT2D eigenvalue weighted by Crippen LogP contribution is -2.31. The van der Waals surface area contributed by atoms with E-state index in [4.69, 9.17) is 4.74 Å². The van der Waals surface area contributed by atoms with Gasteiger partial charge in [0.15, 0.2) is 15.0 Å². The summed E-state index contributed by atoms with van der Waals surface area (Å²) in [5, 5.41) is 1.83. The molecule has 1 N–H and O–H groups in total. The Morgan fingerprint density at radius 3 is 2.43 bits per heavy atom. The van der Waals surface area contributed by atoms with Crippen molar-refractivity contribution in [3.05, 3.63) is 29.1 Å². The summed E-state index contributed by atoms with van der Waals surface area (Å²) >= 11 is 1.31. The maximum atomic E-state index is 12.0. The summed E-state index contributed by atoms with van der Waals surface area (Å²) in [5.74, 6) is 0.166. The van der Waals surface area contributed by atoms with E-state index < -0.39 is 21.0 Å². The van der Waals surface area contributed by atoms with Crippen molar-refractivity contribution in [1.29, 1.82) is 0 Å². The number of carbonyl (C=O) groups excluding carboxylic acids is 1. The minimum atomic E-state index is -3.43. The number of sulfone groups is 1. The Labute approximate surface area is 139 Å². The van der Waals surface area contributed by atoms with E-state index in [9.17, 15) is 13.2 Å². The number of ether oxygens (including phenoxy) is 1. The highest BCUT2D eigenvalue weighted by Crippen LogP contribution is 2.31. The van der Waals surface area contributed by atoms with Crippen LogP contribution in [0.3, 0.4) is 0 Å². The summed E-state index contributed by atoms with van der Waals surface area (Å²) in [6, 6.07) is 7.42. The first-order valence-corrected chi connectivity index (χ1v) is 9.61. The van der Waals surface area contributed by atoms with Gasteiger partial charge in [-0.2, -0.15) is 0 Å². The zero-order valence-corrected chi connectivity index (χ0v) is 14.9. The second kappa shape index (κ2) is 6.67. The predicted molar refractivity (Wildman–Crippen MR) is 91.8 cm³/mol. The number of thiazole rings is 1. The van der Waals surface area contributed by atoms with E-state index in [-0.39, 0.29) is 0 Å². The number of anilines is 1. The molecular formula is C15H18N2O4S2. The Hall–Kier alpha value is -1.93. The lowest BCUT2D eigenvalue weighted by atomic mass is 10.1. The fraction of sp³-hybridized carbons (Fsp3) is 0.333. The molecule has 2 aromatic rings. The zero-order chi connectivity index (χ0) is 17.2. The monoisotopic (exact) mass is 354 g/mol. The molecule has 0 spiro atoms. The third-order valence-corrected chi connectivity index (χ3v) is 5.79. The summed E-state index contributed by atoms with van der Waals surface area (Å²) in [6.07, 6.45) is 1.03. The molecule has 1 atom stereocenters. The summed E-state index contributed by atoms with van der Waals surface area (Å²) in [6.45, 7) is 3.25. The van der Waals surface area contributed by atoms with Gasteiger partial charge < -0.3 is 10.1 Å². The molecule has 8 heteroatoms. The summed E-state index contributed by atoms with van der Waals surface area (Å²) < 4.78 is 28.0. The predicted octanol–water partition coefficient (Wildman–Crippen LogP) is 2.50. The lowest BCUT2D eigenvalue weighted by molar-refractivity contribution is -0.115. The molecule has 1 aromatic heterocycles. The number of aryl methyl sites for hydroxylation is 1. The number of methoxy groups -OCH3 is 1. The highest BCUT2D eigenvalue weighted by atomic mass is 32.2. The SMILES string of the molecule is COc1ccc(-c2nc(NC(=O)C(C)S(C)(=O)=O)sc2C)cc1. The van der Waals surface area contributed by atoms with E-state index >= 15 is 0 Å². The maximum Gasteiger partial charge on any atom is 0.244 e. The number of nitrogens with one attached hydrogen (secondary N) is 1. The van der Waals surface area contributed by atoms with Crippen LogP contribution in [-0.2, 0) is 14.6 Å². The quantitative estimate of drug-likeness (QED) is 0.892. The van der Waals surface area contributed by atoms with Crippen molar-refractivity contribution in [2.75, 3.05) is 18.7 Å². The molecule has 124 valence electrons. The fourth-order valence-electron chi connectivity index (χ4n) is 1.87. The smallest absolute Gasteiger partial charge is 0.244 e. The molecule has 6 nitrogen and oxygen atoms in total. The molecule has 23 heavy (non-hydrogen) atoms. The molecule has 0 saturated carbocycles. The molecule has 0 saturated heterocycles. The molecule has 0 aliphatic carbocycles. The van der Waals surface area contributed by atoms with Gasteiger partial charge >= 0.3 is 0 Å². The molecule has 2 rings (SSSR count). The van der Waals surface area contributed by atoms with E-state index in [1.807, 2.05) is 31.2 Å². The molecule has 0 aliphatic rings. The van der Waals surface area contributed by atoms with Crippen molar-refractivity contribution in [3.8, 4) is 17.0 Å². The van der Waals surface area contributed by atoms with Gasteiger partial charge in [0.05, 0.1) is 12.8 Å². The van der Waals surface area contributed by atoms with Crippen molar-refractivity contribution < 1.29 is 17.9 Å². The zero-order valence-electron chi connectivity index (χ0n) is 13.3. The summed E-state index contributed by atoms with van der Waals surface area (Å²) in [7, 11) is -1.84. The third-order valence-electron chi connectivity index (χ3n) is 3.40. The molecule has 0 fully saturated rings. The number of carbonyl (C=O) groups is 1. The number of nitrogens with zero attached hydrogens (tertiary/aromatic N) is 1. The van der Waals surface area contributed by atoms with Crippen LogP contribution in [0.4, 0.5) is 5.13 Å². The van der Waals surface area contributed by atoms with Crippen LogP contribution in [0.25, 0.3) is 11.3 Å². The van der Waals surface area contributed by atoms with Crippen LogP contribution in [0.15, 0.2) is 24.3 Å². The fourth-order valence-corrected chi connectivity index (χ4v) is 3.15. The minimum Gasteiger partial charge on any atom is -0.497 e. The highest BCUT2D eigenvalue weighted by molar-refractivity contribution is 7.92. The normalized spacial score (nSPS) is 12.7. The standard InChI is InChI=1S/C15H18N2O4S2/c1-9-13(11-5-7-12(21-3)8-6-11)16-15(22-9)17-14(18)10(2)23(4,19)20/h5-8,10H,1-4H3,(H,16,17,18). The minimum absolute atomic E-state index is 0.383. The molecule has 1 amide bonds. The first-order valence-electron chi connectivity index (χ1n) is 6.84. The number of hydrogen-bond donors (Lipinski definition) is 1. The second-order valence-electron chi connectivity index (χ2n) is 5.11. The highest BCUT2D eigenvalue weighted by Gasteiger charge is 2.24. The van der Waals surface area contributed by atoms with Crippen LogP contribution in [0.5, 0.6) is 5.75 Å². The van der Waals surface area contributed by atoms with Gasteiger partial charge in [-0.1, -0.05) is 0 Å². The number of amides is 1. The summed E-state index contributed by atoms with van der Waals surface area (Å²) in [5.41, 5.74) is 1.65. The number of benzene rings is 1. The van der Waals surface area contributed by atoms with Gasteiger partial charge in [-0.25, -0.2) is 13.4 Å². The van der Waals surface area contributed by atoms with E-state index in [2.05, 4.69) is 10.3 Å². The molecule has 0 aliphatic heterocycles. The Morgan fingerprint density at radius 2 is 1.91 bits per heavy atom. The van der Waals surface area contributed by atoms with Crippen LogP contribution >= 0.6 is 11.3 Å². The third kappa shape index (κ3) is 4.08. The van der Waals surface area contributed by atoms with Crippen LogP contribution in [0, 0.1) is 6.92 Å². The van der Waals surface area contributed by atoms with Crippen LogP contribution in [-0.4, -0.2) is 37.9 Å². The van der Waals surface area contributed by atoms with Crippen LogP contribution < -0.4 is 10.1 Å². The summed E-state index contributed by atoms with van der Waals surface area (Å²) in [4.78, 5) is 17.3. The van der Waals surface area contributed by atoms with E-state index in [0.717, 1.165) is 28.1 Å². The van der Waals surface area contributed by atoms with Gasteiger partial charge in [0.1, 0.15) is 11.0 Å². The lowest BCUT2D eigenvalue weighted by Gasteiger charge is -2.07. The van der Waals surface area contributed by atoms with E-state index in [1.165, 1.54) is 18.3 Å². The van der Waals surface area contributed by atoms with Crippen molar-refractivity contribution >= 4 is 32.2 Å². The molecule has 1 unspecified atom stereocenters. The van der Waals surface area contributed by atoms with E-state index in [1.54, 1.807) is 7.11 Å². The Bertz CT molecular complexity index is 811. The number of aromatic nitrogens is 1. The van der Waals surface area contributed by atoms with Crippen LogP contribution in [0.1, 0.15) is 11.8 Å². The molecule has 1 heterocycles. The number of rotatable bonds is 5. The van der Waals surface area contributed by atoms with Crippen molar-refractivity contribution in [3.63, 3.8) is 0 Å². The van der Waals surface area contributed by atoms with E-state index in [0.29, 0.717) is 5.13 Å². The second-order valence-corrected chi connectivity index (χ2v) is 8.68. The van der Waals surface area contributed by atoms with Gasteiger partial charge in [-0.05, 0) is 38.1 Å². The van der Waals surface area contributed by atoms with Gasteiger partial charge in [-0.15, -0.1) is 11.3 Å². The van der Waals surface area contributed by atoms with Crippen molar-refractivity contribution in [2.45, 2.75) is 19.1 Å². The molecule has 1 aromatic carbocycles. The topological polar surface area (TPSA) is 85.4 Å². The number of hydrogen-bond acceptors (Lipinski definition) is 6. The van der Waals surface area contributed by atoms with Gasteiger partial charge in [-0.3, -0.25) is 4.79 Å². The van der Waals surface area contributed by atoms with Gasteiger partial charge in [0, 0.05) is 16.7 Å². The van der Waals surface area contributed by atoms with Crippen molar-refractivity contribution in [2.24, 2.45) is 0 Å².